The van der Waals surface area contributed by atoms with Crippen molar-refractivity contribution in [3.05, 3.63) is 30.1 Å². The van der Waals surface area contributed by atoms with Crippen LogP contribution >= 0.6 is 0 Å². The zero-order chi connectivity index (χ0) is 15.5. The lowest BCUT2D eigenvalue weighted by Gasteiger charge is -2.18. The van der Waals surface area contributed by atoms with E-state index in [4.69, 9.17) is 0 Å². The lowest BCUT2D eigenvalue weighted by molar-refractivity contribution is 0.0939. The van der Waals surface area contributed by atoms with Crippen LogP contribution < -0.4 is 10.2 Å². The molecule has 116 valence electrons. The van der Waals surface area contributed by atoms with Gasteiger partial charge in [-0.05, 0) is 44.4 Å². The van der Waals surface area contributed by atoms with Crippen LogP contribution in [-0.2, 0) is 0 Å². The Hall–Kier alpha value is -2.17. The number of carbonyl (C=O) groups excluding carboxylic acids is 1. The highest BCUT2D eigenvalue weighted by Gasteiger charge is 2.18. The van der Waals surface area contributed by atoms with E-state index in [2.05, 4.69) is 27.1 Å². The van der Waals surface area contributed by atoms with Crippen LogP contribution in [0.5, 0.6) is 0 Å². The third-order valence-corrected chi connectivity index (χ3v) is 4.27. The molecule has 22 heavy (non-hydrogen) atoms. The maximum atomic E-state index is 12.3. The van der Waals surface area contributed by atoms with Crippen LogP contribution in [0.4, 0.5) is 5.82 Å². The van der Waals surface area contributed by atoms with Crippen LogP contribution in [0.25, 0.3) is 10.9 Å². The Balaban J connectivity index is 1.97. The second kappa shape index (κ2) is 6.30. The summed E-state index contributed by atoms with van der Waals surface area (Å²) in [6.07, 6.45) is 4.91. The molecule has 1 amide bonds. The maximum absolute atomic E-state index is 12.3. The summed E-state index contributed by atoms with van der Waals surface area (Å²) in [4.78, 5) is 23.4. The van der Waals surface area contributed by atoms with Crippen LogP contribution in [0, 0.1) is 0 Å². The third kappa shape index (κ3) is 2.89. The molecule has 0 aliphatic carbocycles. The van der Waals surface area contributed by atoms with Crippen molar-refractivity contribution in [1.29, 1.82) is 0 Å². The maximum Gasteiger partial charge on any atom is 0.251 e. The van der Waals surface area contributed by atoms with Crippen molar-refractivity contribution in [3.8, 4) is 0 Å². The number of nitrogens with one attached hydrogen (secondary N) is 1. The van der Waals surface area contributed by atoms with E-state index in [1.165, 1.54) is 12.8 Å². The molecule has 1 fully saturated rings. The van der Waals surface area contributed by atoms with Crippen LogP contribution in [0.3, 0.4) is 0 Å². The zero-order valence-corrected chi connectivity index (χ0v) is 13.2. The summed E-state index contributed by atoms with van der Waals surface area (Å²) >= 11 is 0. The average molecular weight is 298 g/mol. The van der Waals surface area contributed by atoms with Crippen molar-refractivity contribution in [2.45, 2.75) is 39.2 Å². The number of amides is 1. The highest BCUT2D eigenvalue weighted by molar-refractivity contribution is 6.00. The molecule has 1 atom stereocenters. The van der Waals surface area contributed by atoms with E-state index in [1.54, 1.807) is 6.33 Å². The Bertz CT molecular complexity index is 679. The summed E-state index contributed by atoms with van der Waals surface area (Å²) in [6, 6.07) is 5.83. The fraction of sp³-hybridized carbons (Fsp3) is 0.471. The molecule has 1 aliphatic heterocycles. The second-order valence-electron chi connectivity index (χ2n) is 5.91. The number of carbonyl (C=O) groups is 1. The molecule has 1 N–H and O–H groups in total. The standard InChI is InChI=1S/C17H22N4O/c1-3-12(2)20-17(22)13-6-7-15-14(10-13)16(19-11-18-15)21-8-4-5-9-21/h6-7,10-12H,3-5,8-9H2,1-2H3,(H,20,22)/t12-/m1/s1. The molecule has 3 rings (SSSR count). The Kier molecular flexibility index (Phi) is 4.22. The quantitative estimate of drug-likeness (QED) is 0.943. The third-order valence-electron chi connectivity index (χ3n) is 4.27. The number of hydrogen-bond donors (Lipinski definition) is 1. The fourth-order valence-electron chi connectivity index (χ4n) is 2.77. The Morgan fingerprint density at radius 2 is 2.09 bits per heavy atom. The van der Waals surface area contributed by atoms with Crippen molar-refractivity contribution in [2.75, 3.05) is 18.0 Å². The molecule has 1 aromatic heterocycles. The molecule has 0 bridgehead atoms. The lowest BCUT2D eigenvalue weighted by Crippen LogP contribution is -2.31. The monoisotopic (exact) mass is 298 g/mol. The van der Waals surface area contributed by atoms with Gasteiger partial charge in [-0.3, -0.25) is 4.79 Å². The van der Waals surface area contributed by atoms with Gasteiger partial charge in [0.2, 0.25) is 0 Å². The normalized spacial score (nSPS) is 16.0. The van der Waals surface area contributed by atoms with E-state index in [0.29, 0.717) is 5.56 Å². The summed E-state index contributed by atoms with van der Waals surface area (Å²) < 4.78 is 0. The zero-order valence-electron chi connectivity index (χ0n) is 13.2. The van der Waals surface area contributed by atoms with E-state index >= 15 is 0 Å². The van der Waals surface area contributed by atoms with Gasteiger partial charge in [-0.25, -0.2) is 9.97 Å². The minimum Gasteiger partial charge on any atom is -0.356 e. The van der Waals surface area contributed by atoms with Gasteiger partial charge < -0.3 is 10.2 Å². The summed E-state index contributed by atoms with van der Waals surface area (Å²) in [5, 5.41) is 3.97. The number of nitrogens with zero attached hydrogens (tertiary/aromatic N) is 3. The molecule has 0 saturated carbocycles. The first-order valence-corrected chi connectivity index (χ1v) is 7.99. The molecular formula is C17H22N4O. The molecule has 2 aromatic rings. The average Bonchev–Trinajstić information content (AvgIpc) is 3.07. The van der Waals surface area contributed by atoms with Gasteiger partial charge in [0.25, 0.3) is 5.91 Å². The fourth-order valence-corrected chi connectivity index (χ4v) is 2.77. The highest BCUT2D eigenvalue weighted by Crippen LogP contribution is 2.26. The minimum absolute atomic E-state index is 0.0347. The van der Waals surface area contributed by atoms with Gasteiger partial charge in [0, 0.05) is 30.1 Å². The van der Waals surface area contributed by atoms with E-state index < -0.39 is 0 Å². The summed E-state index contributed by atoms with van der Waals surface area (Å²) in [5.74, 6) is 0.910. The van der Waals surface area contributed by atoms with Gasteiger partial charge in [-0.15, -0.1) is 0 Å². The first-order chi connectivity index (χ1) is 10.7. The summed E-state index contributed by atoms with van der Waals surface area (Å²) in [6.45, 7) is 6.12. The minimum atomic E-state index is -0.0347. The summed E-state index contributed by atoms with van der Waals surface area (Å²) in [7, 11) is 0. The Morgan fingerprint density at radius 1 is 1.32 bits per heavy atom. The molecule has 0 radical (unpaired) electrons. The molecular weight excluding hydrogens is 276 g/mol. The topological polar surface area (TPSA) is 58.1 Å². The van der Waals surface area contributed by atoms with Gasteiger partial charge in [0.1, 0.15) is 12.1 Å². The first-order valence-electron chi connectivity index (χ1n) is 7.99. The van der Waals surface area contributed by atoms with Crippen molar-refractivity contribution >= 4 is 22.6 Å². The Morgan fingerprint density at radius 3 is 2.82 bits per heavy atom. The van der Waals surface area contributed by atoms with E-state index in [-0.39, 0.29) is 11.9 Å². The van der Waals surface area contributed by atoms with Crippen LogP contribution in [-0.4, -0.2) is 35.0 Å². The van der Waals surface area contributed by atoms with E-state index in [0.717, 1.165) is 36.2 Å². The molecule has 0 unspecified atom stereocenters. The Labute approximate surface area is 130 Å². The van der Waals surface area contributed by atoms with Crippen LogP contribution in [0.1, 0.15) is 43.5 Å². The van der Waals surface area contributed by atoms with Gasteiger partial charge >= 0.3 is 0 Å². The predicted octanol–water partition coefficient (Wildman–Crippen LogP) is 2.76. The molecule has 5 heteroatoms. The van der Waals surface area contributed by atoms with Crippen LogP contribution in [0.2, 0.25) is 0 Å². The number of fused-ring (bicyclic) bond motifs is 1. The largest absolute Gasteiger partial charge is 0.356 e. The van der Waals surface area contributed by atoms with Gasteiger partial charge in [0.05, 0.1) is 5.52 Å². The molecule has 0 spiro atoms. The number of anilines is 1. The highest BCUT2D eigenvalue weighted by atomic mass is 16.1. The molecule has 1 saturated heterocycles. The molecule has 1 aliphatic rings. The number of benzene rings is 1. The SMILES string of the molecule is CC[C@@H](C)NC(=O)c1ccc2ncnc(N3CCCC3)c2c1. The molecule has 5 nitrogen and oxygen atoms in total. The van der Waals surface area contributed by atoms with E-state index in [9.17, 15) is 4.79 Å². The molecule has 2 heterocycles. The van der Waals surface area contributed by atoms with Gasteiger partial charge in [-0.1, -0.05) is 6.92 Å². The smallest absolute Gasteiger partial charge is 0.251 e. The summed E-state index contributed by atoms with van der Waals surface area (Å²) in [5.41, 5.74) is 1.56. The number of hydrogen-bond acceptors (Lipinski definition) is 4. The number of rotatable bonds is 4. The van der Waals surface area contributed by atoms with Crippen molar-refractivity contribution in [3.63, 3.8) is 0 Å². The predicted molar refractivity (Wildman–Crippen MR) is 88.2 cm³/mol. The second-order valence-corrected chi connectivity index (χ2v) is 5.91. The van der Waals surface area contributed by atoms with Crippen molar-refractivity contribution in [2.24, 2.45) is 0 Å². The molecule has 1 aromatic carbocycles. The van der Waals surface area contributed by atoms with Gasteiger partial charge in [0.15, 0.2) is 0 Å². The van der Waals surface area contributed by atoms with Crippen molar-refractivity contribution < 1.29 is 4.79 Å². The first kappa shape index (κ1) is 14.8. The van der Waals surface area contributed by atoms with Crippen LogP contribution in [0.15, 0.2) is 24.5 Å². The van der Waals surface area contributed by atoms with Gasteiger partial charge in [-0.2, -0.15) is 0 Å². The van der Waals surface area contributed by atoms with Crippen molar-refractivity contribution in [1.82, 2.24) is 15.3 Å². The van der Waals surface area contributed by atoms with E-state index in [1.807, 2.05) is 25.1 Å². The number of aromatic nitrogens is 2. The lowest BCUT2D eigenvalue weighted by atomic mass is 10.1.